The molecule has 0 amide bonds. The Morgan fingerprint density at radius 3 is 2.55 bits per heavy atom. The second-order valence-corrected chi connectivity index (χ2v) is 5.96. The van der Waals surface area contributed by atoms with Crippen molar-refractivity contribution >= 4 is 11.6 Å². The molecule has 0 spiro atoms. The standard InChI is InChI=1S/C15H24ClNO3/c1-15(2,3)17-11-12-4-5-14(13(16)10-12)20-9-8-19-7-6-18/h4-5,10,17-18H,6-9,11H2,1-3H3. The van der Waals surface area contributed by atoms with Crippen molar-refractivity contribution < 1.29 is 14.6 Å². The van der Waals surface area contributed by atoms with E-state index in [0.717, 1.165) is 12.1 Å². The summed E-state index contributed by atoms with van der Waals surface area (Å²) in [6.45, 7) is 8.34. The summed E-state index contributed by atoms with van der Waals surface area (Å²) in [6, 6.07) is 5.77. The van der Waals surface area contributed by atoms with Gasteiger partial charge in [-0.2, -0.15) is 0 Å². The van der Waals surface area contributed by atoms with Crippen LogP contribution in [0.3, 0.4) is 0 Å². The first-order chi connectivity index (χ1) is 9.42. The molecule has 0 bridgehead atoms. The Labute approximate surface area is 126 Å². The number of aliphatic hydroxyl groups excluding tert-OH is 1. The molecule has 0 aliphatic heterocycles. The predicted molar refractivity (Wildman–Crippen MR) is 81.4 cm³/mol. The maximum Gasteiger partial charge on any atom is 0.138 e. The molecule has 1 aromatic rings. The molecular weight excluding hydrogens is 278 g/mol. The van der Waals surface area contributed by atoms with E-state index < -0.39 is 0 Å². The van der Waals surface area contributed by atoms with E-state index in [1.165, 1.54) is 0 Å². The van der Waals surface area contributed by atoms with Gasteiger partial charge in [-0.1, -0.05) is 17.7 Å². The lowest BCUT2D eigenvalue weighted by molar-refractivity contribution is 0.0705. The zero-order chi connectivity index (χ0) is 15.0. The second kappa shape index (κ2) is 8.47. The molecule has 0 aliphatic rings. The molecule has 0 fully saturated rings. The van der Waals surface area contributed by atoms with Gasteiger partial charge in [0.15, 0.2) is 0 Å². The molecule has 4 nitrogen and oxygen atoms in total. The van der Waals surface area contributed by atoms with Crippen molar-refractivity contribution in [2.45, 2.75) is 32.9 Å². The van der Waals surface area contributed by atoms with Crippen LogP contribution < -0.4 is 10.1 Å². The van der Waals surface area contributed by atoms with E-state index in [0.29, 0.717) is 30.6 Å². The molecule has 1 aromatic carbocycles. The maximum absolute atomic E-state index is 8.57. The number of ether oxygens (including phenoxy) is 2. The van der Waals surface area contributed by atoms with Gasteiger partial charge in [-0.05, 0) is 38.5 Å². The summed E-state index contributed by atoms with van der Waals surface area (Å²) < 4.78 is 10.6. The topological polar surface area (TPSA) is 50.7 Å². The van der Waals surface area contributed by atoms with Gasteiger partial charge < -0.3 is 19.9 Å². The third-order valence-electron chi connectivity index (χ3n) is 2.54. The van der Waals surface area contributed by atoms with Crippen LogP contribution in [0.2, 0.25) is 5.02 Å². The van der Waals surface area contributed by atoms with Crippen LogP contribution in [0.15, 0.2) is 18.2 Å². The molecule has 0 saturated heterocycles. The van der Waals surface area contributed by atoms with Gasteiger partial charge >= 0.3 is 0 Å². The summed E-state index contributed by atoms with van der Waals surface area (Å²) in [7, 11) is 0. The summed E-state index contributed by atoms with van der Waals surface area (Å²) in [4.78, 5) is 0. The molecular formula is C15H24ClNO3. The number of aliphatic hydroxyl groups is 1. The van der Waals surface area contributed by atoms with Crippen molar-refractivity contribution in [1.82, 2.24) is 5.32 Å². The lowest BCUT2D eigenvalue weighted by Crippen LogP contribution is -2.35. The Balaban J connectivity index is 2.43. The van der Waals surface area contributed by atoms with Crippen molar-refractivity contribution in [3.05, 3.63) is 28.8 Å². The predicted octanol–water partition coefficient (Wildman–Crippen LogP) is 2.62. The van der Waals surface area contributed by atoms with E-state index in [-0.39, 0.29) is 12.1 Å². The summed E-state index contributed by atoms with van der Waals surface area (Å²) >= 11 is 6.19. The van der Waals surface area contributed by atoms with Crippen LogP contribution in [0, 0.1) is 0 Å². The van der Waals surface area contributed by atoms with Gasteiger partial charge in [0.25, 0.3) is 0 Å². The minimum Gasteiger partial charge on any atom is -0.490 e. The van der Waals surface area contributed by atoms with Crippen LogP contribution in [-0.4, -0.2) is 37.1 Å². The van der Waals surface area contributed by atoms with E-state index in [1.54, 1.807) is 0 Å². The van der Waals surface area contributed by atoms with Gasteiger partial charge in [0.2, 0.25) is 0 Å². The molecule has 0 radical (unpaired) electrons. The number of halogens is 1. The molecule has 1 rings (SSSR count). The molecule has 2 N–H and O–H groups in total. The van der Waals surface area contributed by atoms with Crippen LogP contribution in [-0.2, 0) is 11.3 Å². The van der Waals surface area contributed by atoms with Gasteiger partial charge in [-0.15, -0.1) is 0 Å². The van der Waals surface area contributed by atoms with Crippen LogP contribution in [0.4, 0.5) is 0 Å². The lowest BCUT2D eigenvalue weighted by Gasteiger charge is -2.20. The van der Waals surface area contributed by atoms with Gasteiger partial charge in [-0.25, -0.2) is 0 Å². The Morgan fingerprint density at radius 2 is 1.95 bits per heavy atom. The van der Waals surface area contributed by atoms with E-state index in [2.05, 4.69) is 26.1 Å². The van der Waals surface area contributed by atoms with Gasteiger partial charge in [0.05, 0.1) is 24.8 Å². The van der Waals surface area contributed by atoms with Crippen molar-refractivity contribution in [1.29, 1.82) is 0 Å². The zero-order valence-corrected chi connectivity index (χ0v) is 13.2. The zero-order valence-electron chi connectivity index (χ0n) is 12.4. The highest BCUT2D eigenvalue weighted by Crippen LogP contribution is 2.25. The second-order valence-electron chi connectivity index (χ2n) is 5.55. The number of nitrogens with one attached hydrogen (secondary N) is 1. The van der Waals surface area contributed by atoms with Crippen LogP contribution in [0.5, 0.6) is 5.75 Å². The molecule has 0 atom stereocenters. The van der Waals surface area contributed by atoms with Crippen LogP contribution >= 0.6 is 11.6 Å². The summed E-state index contributed by atoms with van der Waals surface area (Å²) in [5.41, 5.74) is 1.19. The average Bonchev–Trinajstić information content (AvgIpc) is 2.37. The van der Waals surface area contributed by atoms with E-state index in [9.17, 15) is 0 Å². The Hall–Kier alpha value is -0.810. The van der Waals surface area contributed by atoms with Crippen LogP contribution in [0.25, 0.3) is 0 Å². The van der Waals surface area contributed by atoms with E-state index in [4.69, 9.17) is 26.2 Å². The number of hydrogen-bond acceptors (Lipinski definition) is 4. The first-order valence-corrected chi connectivity index (χ1v) is 7.15. The summed E-state index contributed by atoms with van der Waals surface area (Å²) in [5.74, 6) is 0.652. The van der Waals surface area contributed by atoms with E-state index in [1.807, 2.05) is 18.2 Å². The molecule has 5 heteroatoms. The third-order valence-corrected chi connectivity index (χ3v) is 2.84. The molecule has 20 heavy (non-hydrogen) atoms. The Kier molecular flexibility index (Phi) is 7.30. The van der Waals surface area contributed by atoms with E-state index >= 15 is 0 Å². The fourth-order valence-corrected chi connectivity index (χ4v) is 1.77. The molecule has 0 unspecified atom stereocenters. The summed E-state index contributed by atoms with van der Waals surface area (Å²) in [6.07, 6.45) is 0. The largest absolute Gasteiger partial charge is 0.490 e. The van der Waals surface area contributed by atoms with Crippen LogP contribution in [0.1, 0.15) is 26.3 Å². The SMILES string of the molecule is CC(C)(C)NCc1ccc(OCCOCCO)c(Cl)c1. The highest BCUT2D eigenvalue weighted by atomic mass is 35.5. The van der Waals surface area contributed by atoms with Gasteiger partial charge in [0.1, 0.15) is 12.4 Å². The van der Waals surface area contributed by atoms with Gasteiger partial charge in [-0.3, -0.25) is 0 Å². The highest BCUT2D eigenvalue weighted by Gasteiger charge is 2.09. The van der Waals surface area contributed by atoms with Crippen molar-refractivity contribution in [2.75, 3.05) is 26.4 Å². The Morgan fingerprint density at radius 1 is 1.20 bits per heavy atom. The highest BCUT2D eigenvalue weighted by molar-refractivity contribution is 6.32. The number of rotatable bonds is 8. The van der Waals surface area contributed by atoms with Crippen molar-refractivity contribution in [2.24, 2.45) is 0 Å². The minimum absolute atomic E-state index is 0.0240. The summed E-state index contributed by atoms with van der Waals surface area (Å²) in [5, 5.41) is 12.6. The molecule has 0 saturated carbocycles. The third kappa shape index (κ3) is 7.10. The average molecular weight is 302 g/mol. The fourth-order valence-electron chi connectivity index (χ4n) is 1.52. The van der Waals surface area contributed by atoms with Crippen molar-refractivity contribution in [3.63, 3.8) is 0 Å². The molecule has 0 aromatic heterocycles. The monoisotopic (exact) mass is 301 g/mol. The maximum atomic E-state index is 8.57. The number of hydrogen-bond donors (Lipinski definition) is 2. The quantitative estimate of drug-likeness (QED) is 0.725. The number of benzene rings is 1. The smallest absolute Gasteiger partial charge is 0.138 e. The molecule has 0 heterocycles. The Bertz CT molecular complexity index is 405. The first-order valence-electron chi connectivity index (χ1n) is 6.77. The molecule has 0 aliphatic carbocycles. The normalized spacial score (nSPS) is 11.7. The molecule has 114 valence electrons. The minimum atomic E-state index is 0.0240. The fraction of sp³-hybridized carbons (Fsp3) is 0.600. The first kappa shape index (κ1) is 17.2. The van der Waals surface area contributed by atoms with Gasteiger partial charge in [0, 0.05) is 12.1 Å². The van der Waals surface area contributed by atoms with Crippen molar-refractivity contribution in [3.8, 4) is 5.75 Å². The lowest BCUT2D eigenvalue weighted by atomic mass is 10.1.